The van der Waals surface area contributed by atoms with Gasteiger partial charge < -0.3 is 10.1 Å². The van der Waals surface area contributed by atoms with E-state index in [4.69, 9.17) is 4.74 Å². The highest BCUT2D eigenvalue weighted by Crippen LogP contribution is 2.21. The molecule has 0 spiro atoms. The lowest BCUT2D eigenvalue weighted by Gasteiger charge is -2.06. The molecule has 5 nitrogen and oxygen atoms in total. The van der Waals surface area contributed by atoms with Crippen LogP contribution in [0.15, 0.2) is 30.3 Å². The predicted molar refractivity (Wildman–Crippen MR) is 93.5 cm³/mol. The molecule has 0 bridgehead atoms. The van der Waals surface area contributed by atoms with E-state index in [9.17, 15) is 14.4 Å². The molecule has 2 aromatic rings. The summed E-state index contributed by atoms with van der Waals surface area (Å²) in [6.07, 6.45) is 0.0786. The molecule has 0 aliphatic carbocycles. The lowest BCUT2D eigenvalue weighted by atomic mass is 10.1. The number of thiophene rings is 1. The first-order valence-electron chi connectivity index (χ1n) is 7.47. The van der Waals surface area contributed by atoms with Crippen LogP contribution in [0, 0.1) is 13.8 Å². The smallest absolute Gasteiger partial charge is 0.310 e. The Morgan fingerprint density at radius 1 is 1.12 bits per heavy atom. The van der Waals surface area contributed by atoms with Crippen LogP contribution in [0.2, 0.25) is 0 Å². The van der Waals surface area contributed by atoms with Crippen LogP contribution in [-0.4, -0.2) is 24.3 Å². The topological polar surface area (TPSA) is 72.5 Å². The Morgan fingerprint density at radius 2 is 1.79 bits per heavy atom. The van der Waals surface area contributed by atoms with E-state index >= 15 is 0 Å². The maximum atomic E-state index is 12.1. The maximum Gasteiger partial charge on any atom is 0.310 e. The third-order valence-electron chi connectivity index (χ3n) is 3.33. The Labute approximate surface area is 144 Å². The van der Waals surface area contributed by atoms with Gasteiger partial charge in [-0.3, -0.25) is 14.4 Å². The molecule has 0 aliphatic rings. The van der Waals surface area contributed by atoms with Crippen LogP contribution in [0.5, 0.6) is 0 Å². The molecule has 2 rings (SSSR count). The number of hydrogen-bond acceptors (Lipinski definition) is 5. The van der Waals surface area contributed by atoms with Gasteiger partial charge in [0.05, 0.1) is 6.42 Å². The zero-order chi connectivity index (χ0) is 17.7. The summed E-state index contributed by atoms with van der Waals surface area (Å²) in [5, 5.41) is 2.65. The predicted octanol–water partition coefficient (Wildman–Crippen LogP) is 3.29. The second-order valence-electron chi connectivity index (χ2n) is 5.47. The average molecular weight is 345 g/mol. The molecule has 0 aliphatic heterocycles. The van der Waals surface area contributed by atoms with E-state index in [1.165, 1.54) is 6.92 Å². The van der Waals surface area contributed by atoms with Gasteiger partial charge in [0.15, 0.2) is 6.61 Å². The Hall–Kier alpha value is -2.47. The Kier molecular flexibility index (Phi) is 5.87. The number of anilines is 1. The fourth-order valence-corrected chi connectivity index (χ4v) is 3.20. The summed E-state index contributed by atoms with van der Waals surface area (Å²) in [5.74, 6) is -0.800. The van der Waals surface area contributed by atoms with Crippen LogP contribution in [0.4, 0.5) is 5.69 Å². The van der Waals surface area contributed by atoms with Crippen molar-refractivity contribution in [3.05, 3.63) is 51.2 Å². The van der Waals surface area contributed by atoms with Gasteiger partial charge in [0.25, 0.3) is 0 Å². The maximum absolute atomic E-state index is 12.1. The normalized spacial score (nSPS) is 10.3. The summed E-state index contributed by atoms with van der Waals surface area (Å²) in [7, 11) is 0. The Morgan fingerprint density at radius 3 is 2.33 bits per heavy atom. The quantitative estimate of drug-likeness (QED) is 0.644. The van der Waals surface area contributed by atoms with Gasteiger partial charge in [-0.1, -0.05) is 12.1 Å². The highest BCUT2D eigenvalue weighted by molar-refractivity contribution is 7.12. The first-order chi connectivity index (χ1) is 11.3. The molecule has 0 unspecified atom stereocenters. The van der Waals surface area contributed by atoms with E-state index in [2.05, 4.69) is 5.32 Å². The standard InChI is InChI=1S/C18H19NO4S/c1-11-8-16(12(2)24-11)17(21)10-23-18(22)9-14-4-6-15(7-5-14)19-13(3)20/h4-8H,9-10H2,1-3H3,(H,19,20). The van der Waals surface area contributed by atoms with Gasteiger partial charge in [-0.05, 0) is 37.6 Å². The summed E-state index contributed by atoms with van der Waals surface area (Å²) < 4.78 is 5.07. The summed E-state index contributed by atoms with van der Waals surface area (Å²) in [6, 6.07) is 8.72. The van der Waals surface area contributed by atoms with Crippen molar-refractivity contribution in [1.82, 2.24) is 0 Å². The zero-order valence-electron chi connectivity index (χ0n) is 13.8. The molecule has 0 saturated carbocycles. The number of carbonyl (C=O) groups is 3. The van der Waals surface area contributed by atoms with Crippen molar-refractivity contribution in [2.75, 3.05) is 11.9 Å². The average Bonchev–Trinajstić information content (AvgIpc) is 2.85. The molecular formula is C18H19NO4S. The molecule has 1 aromatic carbocycles. The largest absolute Gasteiger partial charge is 0.457 e. The first-order valence-corrected chi connectivity index (χ1v) is 8.29. The summed E-state index contributed by atoms with van der Waals surface area (Å²) in [6.45, 7) is 4.99. The Bertz CT molecular complexity index is 762. The van der Waals surface area contributed by atoms with Crippen LogP contribution in [0.25, 0.3) is 0 Å². The number of ketones is 1. The van der Waals surface area contributed by atoms with Gasteiger partial charge in [-0.15, -0.1) is 11.3 Å². The first kappa shape index (κ1) is 17.9. The number of Topliss-reactive ketones (excluding diaryl/α,β-unsaturated/α-hetero) is 1. The molecule has 1 N–H and O–H groups in total. The zero-order valence-corrected chi connectivity index (χ0v) is 14.7. The van der Waals surface area contributed by atoms with Crippen LogP contribution in [0.3, 0.4) is 0 Å². The van der Waals surface area contributed by atoms with Crippen molar-refractivity contribution in [3.8, 4) is 0 Å². The van der Waals surface area contributed by atoms with Crippen molar-refractivity contribution in [2.24, 2.45) is 0 Å². The van der Waals surface area contributed by atoms with Gasteiger partial charge in [0.1, 0.15) is 0 Å². The van der Waals surface area contributed by atoms with Crippen molar-refractivity contribution in [3.63, 3.8) is 0 Å². The minimum Gasteiger partial charge on any atom is -0.457 e. The van der Waals surface area contributed by atoms with Gasteiger partial charge in [-0.25, -0.2) is 0 Å². The number of rotatable bonds is 6. The molecule has 0 fully saturated rings. The molecule has 126 valence electrons. The van der Waals surface area contributed by atoms with Crippen molar-refractivity contribution in [2.45, 2.75) is 27.2 Å². The molecule has 0 saturated heterocycles. The minimum absolute atomic E-state index is 0.0786. The second kappa shape index (κ2) is 7.88. The number of benzene rings is 1. The van der Waals surface area contributed by atoms with E-state index in [0.29, 0.717) is 11.3 Å². The van der Waals surface area contributed by atoms with Crippen molar-refractivity contribution in [1.29, 1.82) is 0 Å². The number of hydrogen-bond donors (Lipinski definition) is 1. The highest BCUT2D eigenvalue weighted by Gasteiger charge is 2.14. The van der Waals surface area contributed by atoms with E-state index in [-0.39, 0.29) is 24.7 Å². The summed E-state index contributed by atoms with van der Waals surface area (Å²) in [5.41, 5.74) is 2.03. The second-order valence-corrected chi connectivity index (χ2v) is 6.93. The molecular weight excluding hydrogens is 326 g/mol. The molecule has 1 heterocycles. The van der Waals surface area contributed by atoms with Crippen LogP contribution < -0.4 is 5.32 Å². The SMILES string of the molecule is CC(=O)Nc1ccc(CC(=O)OCC(=O)c2cc(C)sc2C)cc1. The molecule has 0 radical (unpaired) electrons. The van der Waals surface area contributed by atoms with Crippen molar-refractivity contribution >= 4 is 34.7 Å². The highest BCUT2D eigenvalue weighted by atomic mass is 32.1. The summed E-state index contributed by atoms with van der Waals surface area (Å²) >= 11 is 1.55. The summed E-state index contributed by atoms with van der Waals surface area (Å²) in [4.78, 5) is 36.9. The Balaban J connectivity index is 1.86. The molecule has 0 atom stereocenters. The van der Waals surface area contributed by atoms with E-state index in [1.54, 1.807) is 35.6 Å². The lowest BCUT2D eigenvalue weighted by molar-refractivity contribution is -0.141. The van der Waals surface area contributed by atoms with Gasteiger partial charge >= 0.3 is 5.97 Å². The molecule has 24 heavy (non-hydrogen) atoms. The van der Waals surface area contributed by atoms with Crippen molar-refractivity contribution < 1.29 is 19.1 Å². The molecule has 1 aromatic heterocycles. The van der Waals surface area contributed by atoms with Crippen LogP contribution >= 0.6 is 11.3 Å². The number of amides is 1. The fraction of sp³-hybridized carbons (Fsp3) is 0.278. The van der Waals surface area contributed by atoms with Crippen LogP contribution in [-0.2, 0) is 20.7 Å². The third kappa shape index (κ3) is 5.03. The van der Waals surface area contributed by atoms with Gasteiger partial charge in [0.2, 0.25) is 11.7 Å². The minimum atomic E-state index is -0.458. The van der Waals surface area contributed by atoms with Gasteiger partial charge in [0, 0.05) is 27.9 Å². The number of esters is 1. The fourth-order valence-electron chi connectivity index (χ4n) is 2.26. The van der Waals surface area contributed by atoms with E-state index < -0.39 is 5.97 Å². The monoisotopic (exact) mass is 345 g/mol. The lowest BCUT2D eigenvalue weighted by Crippen LogP contribution is -2.15. The number of aryl methyl sites for hydroxylation is 2. The van der Waals surface area contributed by atoms with E-state index in [1.807, 2.05) is 19.9 Å². The molecule has 6 heteroatoms. The number of nitrogens with one attached hydrogen (secondary N) is 1. The number of carbonyl (C=O) groups excluding carboxylic acids is 3. The van der Waals surface area contributed by atoms with E-state index in [0.717, 1.165) is 15.3 Å². The van der Waals surface area contributed by atoms with Gasteiger partial charge in [-0.2, -0.15) is 0 Å². The van der Waals surface area contributed by atoms with Crippen LogP contribution in [0.1, 0.15) is 32.6 Å². The molecule has 1 amide bonds. The number of ether oxygens (including phenoxy) is 1. The third-order valence-corrected chi connectivity index (χ3v) is 4.29.